The van der Waals surface area contributed by atoms with Crippen LogP contribution in [0.2, 0.25) is 0 Å². The molecular weight excluding hydrogens is 311 g/mol. The number of hydrogen-bond acceptors (Lipinski definition) is 3. The molecule has 0 aromatic heterocycles. The van der Waals surface area contributed by atoms with Gasteiger partial charge in [0.2, 0.25) is 0 Å². The molecule has 0 aliphatic carbocycles. The topological polar surface area (TPSA) is 69.2 Å². The maximum atomic E-state index is 10.5. The van der Waals surface area contributed by atoms with Gasteiger partial charge < -0.3 is 14.7 Å². The first-order valence-electron chi connectivity index (χ1n) is 2.89. The van der Waals surface area contributed by atoms with Gasteiger partial charge in [0.25, 0.3) is 0 Å². The van der Waals surface area contributed by atoms with Gasteiger partial charge in [-0.15, -0.1) is 7.94 Å². The number of rotatable bonds is 1. The Morgan fingerprint density at radius 1 is 1.00 bits per heavy atom. The minimum absolute atomic E-state index is 0.211. The standard InChI is InChI=1S/C6H5Br2O3P/c7-5-2-1-4(3-6(5)8)12(9,10)11/h1-3H,(H2,9,10,11)/p-2. The Morgan fingerprint density at radius 3 is 2.00 bits per heavy atom. The van der Waals surface area contributed by atoms with Gasteiger partial charge in [-0.3, -0.25) is 0 Å². The third kappa shape index (κ3) is 2.49. The van der Waals surface area contributed by atoms with Crippen LogP contribution in [-0.2, 0) is 0 Å². The van der Waals surface area contributed by atoms with Crippen molar-refractivity contribution in [2.75, 3.05) is 0 Å². The van der Waals surface area contributed by atoms with Crippen molar-refractivity contribution in [3.05, 3.63) is 27.1 Å². The summed E-state index contributed by atoms with van der Waals surface area (Å²) >= 11 is 6.25. The minimum atomic E-state index is -4.62. The fraction of sp³-hybridized carbons (Fsp3) is 0. The number of benzene rings is 1. The Bertz CT molecular complexity index is 297. The molecule has 0 saturated carbocycles. The molecule has 1 rings (SSSR count). The van der Waals surface area contributed by atoms with Gasteiger partial charge in [-0.1, -0.05) is 0 Å². The third-order valence-corrected chi connectivity index (χ3v) is 4.01. The summed E-state index contributed by atoms with van der Waals surface area (Å²) in [6.45, 7) is 0. The quantitative estimate of drug-likeness (QED) is 0.667. The largest absolute Gasteiger partial charge is 0.683 e. The highest BCUT2D eigenvalue weighted by Crippen LogP contribution is 2.30. The molecule has 0 fully saturated rings. The van der Waals surface area contributed by atoms with Gasteiger partial charge in [0, 0.05) is 8.95 Å². The van der Waals surface area contributed by atoms with Crippen LogP contribution in [0.25, 0.3) is 0 Å². The summed E-state index contributed by atoms with van der Waals surface area (Å²) < 4.78 is 1.26. The molecule has 0 saturated heterocycles. The van der Waals surface area contributed by atoms with Crippen LogP contribution in [0.15, 0.2) is 27.1 Å². The molecule has 0 aliphatic rings. The van der Waals surface area contributed by atoms with Gasteiger partial charge in [0.1, 0.15) is 0 Å². The average molecular weight is 314 g/mol. The zero-order valence-corrected chi connectivity index (χ0v) is 9.73. The molecule has 0 aliphatic heterocycles. The Kier molecular flexibility index (Phi) is 3.26. The highest BCUT2D eigenvalue weighted by atomic mass is 79.9. The van der Waals surface area contributed by atoms with Crippen LogP contribution in [0, 0.1) is 0 Å². The Morgan fingerprint density at radius 2 is 1.58 bits per heavy atom. The summed E-state index contributed by atoms with van der Waals surface area (Å²) in [7, 11) is -4.62. The lowest BCUT2D eigenvalue weighted by Crippen LogP contribution is -2.40. The van der Waals surface area contributed by atoms with Gasteiger partial charge in [0.15, 0.2) is 0 Å². The SMILES string of the molecule is [O-][P+]([O-])([O-])c1ccc(Br)c(Br)c1. The van der Waals surface area contributed by atoms with Gasteiger partial charge in [0.05, 0.1) is 5.30 Å². The summed E-state index contributed by atoms with van der Waals surface area (Å²) in [6, 6.07) is 4.03. The Balaban J connectivity index is 3.14. The van der Waals surface area contributed by atoms with Gasteiger partial charge in [-0.2, -0.15) is 0 Å². The molecule has 0 radical (unpaired) electrons. The molecule has 6 heteroatoms. The van der Waals surface area contributed by atoms with E-state index in [1.807, 2.05) is 0 Å². The zero-order chi connectivity index (χ0) is 9.35. The molecule has 1 aromatic carbocycles. The molecule has 3 nitrogen and oxygen atoms in total. The molecule has 0 atom stereocenters. The normalized spacial score (nSPS) is 11.8. The lowest BCUT2D eigenvalue weighted by molar-refractivity contribution is -0.421. The summed E-state index contributed by atoms with van der Waals surface area (Å²) in [5, 5.41) is -0.211. The van der Waals surface area contributed by atoms with Crippen molar-refractivity contribution < 1.29 is 14.7 Å². The monoisotopic (exact) mass is 312 g/mol. The van der Waals surface area contributed by atoms with E-state index in [0.29, 0.717) is 8.95 Å². The summed E-state index contributed by atoms with van der Waals surface area (Å²) in [6.07, 6.45) is 0. The minimum Gasteiger partial charge on any atom is -0.683 e. The van der Waals surface area contributed by atoms with Gasteiger partial charge >= 0.3 is 0 Å². The lowest BCUT2D eigenvalue weighted by atomic mass is 10.4. The summed E-state index contributed by atoms with van der Waals surface area (Å²) in [4.78, 5) is 31.6. The maximum Gasteiger partial charge on any atom is 0.0776 e. The van der Waals surface area contributed by atoms with E-state index in [1.54, 1.807) is 0 Å². The van der Waals surface area contributed by atoms with Gasteiger partial charge in [-0.05, 0) is 50.1 Å². The van der Waals surface area contributed by atoms with Crippen LogP contribution in [0.5, 0.6) is 0 Å². The number of hydrogen-bond donors (Lipinski definition) is 0. The van der Waals surface area contributed by atoms with Crippen LogP contribution in [0.1, 0.15) is 0 Å². The van der Waals surface area contributed by atoms with Crippen LogP contribution in [0.3, 0.4) is 0 Å². The van der Waals surface area contributed by atoms with Crippen molar-refractivity contribution in [1.82, 2.24) is 0 Å². The molecule has 12 heavy (non-hydrogen) atoms. The van der Waals surface area contributed by atoms with E-state index in [2.05, 4.69) is 31.9 Å². The third-order valence-electron chi connectivity index (χ3n) is 1.22. The van der Waals surface area contributed by atoms with Crippen molar-refractivity contribution in [2.24, 2.45) is 0 Å². The molecule has 0 N–H and O–H groups in total. The van der Waals surface area contributed by atoms with Crippen molar-refractivity contribution in [3.8, 4) is 0 Å². The summed E-state index contributed by atoms with van der Waals surface area (Å²) in [5.41, 5.74) is 0. The van der Waals surface area contributed by atoms with Crippen molar-refractivity contribution in [3.63, 3.8) is 0 Å². The van der Waals surface area contributed by atoms with E-state index >= 15 is 0 Å². The fourth-order valence-electron chi connectivity index (χ4n) is 0.655. The fourth-order valence-corrected chi connectivity index (χ4v) is 2.00. The first kappa shape index (κ1) is 10.6. The molecular formula is C6H3Br2O3P-2. The zero-order valence-electron chi connectivity index (χ0n) is 5.66. The summed E-state index contributed by atoms with van der Waals surface area (Å²) in [5.74, 6) is 0. The Labute approximate surface area is 86.9 Å². The highest BCUT2D eigenvalue weighted by molar-refractivity contribution is 9.13. The van der Waals surface area contributed by atoms with E-state index in [9.17, 15) is 14.7 Å². The molecule has 66 valence electrons. The van der Waals surface area contributed by atoms with Crippen LogP contribution in [-0.4, -0.2) is 0 Å². The first-order chi connectivity index (χ1) is 5.41. The van der Waals surface area contributed by atoms with Gasteiger partial charge in [-0.25, -0.2) is 0 Å². The maximum absolute atomic E-state index is 10.5. The second-order valence-corrected chi connectivity index (χ2v) is 5.32. The second-order valence-electron chi connectivity index (χ2n) is 2.10. The predicted octanol–water partition coefficient (Wildman–Crippen LogP) is -0.320. The molecule has 0 heterocycles. The van der Waals surface area contributed by atoms with Crippen LogP contribution >= 0.6 is 39.8 Å². The van der Waals surface area contributed by atoms with Crippen molar-refractivity contribution in [1.29, 1.82) is 0 Å². The van der Waals surface area contributed by atoms with Crippen LogP contribution in [0.4, 0.5) is 0 Å². The van der Waals surface area contributed by atoms with Crippen LogP contribution < -0.4 is 20.0 Å². The second kappa shape index (κ2) is 3.70. The highest BCUT2D eigenvalue weighted by Gasteiger charge is 2.05. The smallest absolute Gasteiger partial charge is 0.0776 e. The average Bonchev–Trinajstić information content (AvgIpc) is 1.92. The van der Waals surface area contributed by atoms with Crippen molar-refractivity contribution in [2.45, 2.75) is 0 Å². The first-order valence-corrected chi connectivity index (χ1v) is 6.02. The van der Waals surface area contributed by atoms with E-state index in [4.69, 9.17) is 0 Å². The molecule has 1 aromatic rings. The van der Waals surface area contributed by atoms with E-state index in [1.165, 1.54) is 18.2 Å². The van der Waals surface area contributed by atoms with E-state index < -0.39 is 7.94 Å². The predicted molar refractivity (Wildman–Crippen MR) is 48.4 cm³/mol. The van der Waals surface area contributed by atoms with E-state index in [-0.39, 0.29) is 5.30 Å². The Hall–Kier alpha value is 0.490. The van der Waals surface area contributed by atoms with E-state index in [0.717, 1.165) is 0 Å². The molecule has 0 spiro atoms. The molecule has 0 unspecified atom stereocenters. The van der Waals surface area contributed by atoms with Crippen molar-refractivity contribution >= 4 is 45.1 Å². The molecule has 0 bridgehead atoms. The lowest BCUT2D eigenvalue weighted by Gasteiger charge is -2.41. The molecule has 0 amide bonds. The number of halogens is 2.